The first-order valence-corrected chi connectivity index (χ1v) is 10.1. The topological polar surface area (TPSA) is 88.5 Å². The SMILES string of the molecule is COc1ccc(S(=O)(=O)NCc2nc(-c3ccc(O)cc3)cs2)cc1C. The number of aromatic hydroxyl groups is 1. The second kappa shape index (κ2) is 7.45. The minimum absolute atomic E-state index is 0.107. The van der Waals surface area contributed by atoms with Gasteiger partial charge in [-0.2, -0.15) is 0 Å². The van der Waals surface area contributed by atoms with Crippen LogP contribution in [-0.2, 0) is 16.6 Å². The van der Waals surface area contributed by atoms with Crippen molar-refractivity contribution < 1.29 is 18.3 Å². The molecular formula is C18H18N2O4S2. The summed E-state index contributed by atoms with van der Waals surface area (Å²) in [6, 6.07) is 11.4. The Bertz CT molecular complexity index is 1010. The molecule has 6 nitrogen and oxygen atoms in total. The van der Waals surface area contributed by atoms with Gasteiger partial charge in [0, 0.05) is 10.9 Å². The van der Waals surface area contributed by atoms with Crippen LogP contribution in [-0.4, -0.2) is 25.6 Å². The van der Waals surface area contributed by atoms with Gasteiger partial charge in [-0.15, -0.1) is 11.3 Å². The fourth-order valence-corrected chi connectivity index (χ4v) is 4.32. The van der Waals surface area contributed by atoms with Gasteiger partial charge in [-0.25, -0.2) is 18.1 Å². The minimum atomic E-state index is -3.64. The number of phenols is 1. The van der Waals surface area contributed by atoms with Gasteiger partial charge in [0.2, 0.25) is 10.0 Å². The van der Waals surface area contributed by atoms with Crippen LogP contribution in [0.2, 0.25) is 0 Å². The fraction of sp³-hybridized carbons (Fsp3) is 0.167. The molecule has 0 spiro atoms. The average molecular weight is 390 g/mol. The highest BCUT2D eigenvalue weighted by Crippen LogP contribution is 2.25. The van der Waals surface area contributed by atoms with Gasteiger partial charge in [0.25, 0.3) is 0 Å². The molecule has 136 valence electrons. The number of nitrogens with one attached hydrogen (secondary N) is 1. The summed E-state index contributed by atoms with van der Waals surface area (Å²) in [4.78, 5) is 4.63. The normalized spacial score (nSPS) is 11.5. The molecule has 0 saturated carbocycles. The monoisotopic (exact) mass is 390 g/mol. The third kappa shape index (κ3) is 4.04. The molecule has 8 heteroatoms. The van der Waals surface area contributed by atoms with E-state index in [1.54, 1.807) is 50.4 Å². The maximum absolute atomic E-state index is 12.5. The lowest BCUT2D eigenvalue weighted by molar-refractivity contribution is 0.411. The zero-order valence-corrected chi connectivity index (χ0v) is 15.9. The molecule has 0 amide bonds. The van der Waals surface area contributed by atoms with Gasteiger partial charge in [-0.1, -0.05) is 0 Å². The summed E-state index contributed by atoms with van der Waals surface area (Å²) in [5.41, 5.74) is 2.35. The largest absolute Gasteiger partial charge is 0.508 e. The van der Waals surface area contributed by atoms with E-state index >= 15 is 0 Å². The van der Waals surface area contributed by atoms with E-state index in [9.17, 15) is 13.5 Å². The van der Waals surface area contributed by atoms with Gasteiger partial charge in [0.1, 0.15) is 16.5 Å². The van der Waals surface area contributed by atoms with Crippen LogP contribution in [0, 0.1) is 6.92 Å². The summed E-state index contributed by atoms with van der Waals surface area (Å²) in [6.45, 7) is 1.90. The van der Waals surface area contributed by atoms with Crippen molar-refractivity contribution in [2.45, 2.75) is 18.4 Å². The number of hydrogen-bond donors (Lipinski definition) is 2. The van der Waals surface area contributed by atoms with Gasteiger partial charge in [0.15, 0.2) is 0 Å². The summed E-state index contributed by atoms with van der Waals surface area (Å²) >= 11 is 1.37. The average Bonchev–Trinajstić information content (AvgIpc) is 3.10. The number of thiazole rings is 1. The minimum Gasteiger partial charge on any atom is -0.508 e. The van der Waals surface area contributed by atoms with Crippen LogP contribution in [0.3, 0.4) is 0 Å². The van der Waals surface area contributed by atoms with Crippen molar-refractivity contribution in [2.24, 2.45) is 0 Å². The van der Waals surface area contributed by atoms with Gasteiger partial charge >= 0.3 is 0 Å². The highest BCUT2D eigenvalue weighted by molar-refractivity contribution is 7.89. The van der Waals surface area contributed by atoms with E-state index < -0.39 is 10.0 Å². The molecular weight excluding hydrogens is 372 g/mol. The van der Waals surface area contributed by atoms with Crippen LogP contribution in [0.5, 0.6) is 11.5 Å². The van der Waals surface area contributed by atoms with E-state index in [1.165, 1.54) is 17.4 Å². The predicted octanol–water partition coefficient (Wildman–Crippen LogP) is 3.31. The summed E-state index contributed by atoms with van der Waals surface area (Å²) in [5, 5.41) is 11.9. The summed E-state index contributed by atoms with van der Waals surface area (Å²) < 4.78 is 32.7. The number of rotatable bonds is 6. The smallest absolute Gasteiger partial charge is 0.240 e. The molecule has 1 heterocycles. The molecule has 26 heavy (non-hydrogen) atoms. The van der Waals surface area contributed by atoms with Gasteiger partial charge in [-0.3, -0.25) is 0 Å². The molecule has 0 aliphatic heterocycles. The maximum atomic E-state index is 12.5. The van der Waals surface area contributed by atoms with Crippen molar-refractivity contribution in [3.63, 3.8) is 0 Å². The fourth-order valence-electron chi connectivity index (χ4n) is 2.42. The predicted molar refractivity (Wildman–Crippen MR) is 101 cm³/mol. The van der Waals surface area contributed by atoms with Crippen molar-refractivity contribution in [2.75, 3.05) is 7.11 Å². The Morgan fingerprint density at radius 1 is 1.19 bits per heavy atom. The van der Waals surface area contributed by atoms with E-state index in [2.05, 4.69) is 9.71 Å². The molecule has 0 saturated heterocycles. The second-order valence-electron chi connectivity index (χ2n) is 5.63. The van der Waals surface area contributed by atoms with Gasteiger partial charge in [0.05, 0.1) is 24.2 Å². The molecule has 1 aromatic heterocycles. The number of methoxy groups -OCH3 is 1. The number of phenolic OH excluding ortho intramolecular Hbond substituents is 1. The highest BCUT2D eigenvalue weighted by Gasteiger charge is 2.16. The number of sulfonamides is 1. The molecule has 2 N–H and O–H groups in total. The Labute approximate surface area is 156 Å². The number of nitrogens with zero attached hydrogens (tertiary/aromatic N) is 1. The van der Waals surface area contributed by atoms with E-state index in [0.29, 0.717) is 10.8 Å². The van der Waals surface area contributed by atoms with Crippen LogP contribution < -0.4 is 9.46 Å². The Morgan fingerprint density at radius 3 is 2.58 bits per heavy atom. The van der Waals surface area contributed by atoms with Crippen LogP contribution in [0.15, 0.2) is 52.7 Å². The van der Waals surface area contributed by atoms with Crippen LogP contribution in [0.25, 0.3) is 11.3 Å². The zero-order valence-electron chi connectivity index (χ0n) is 14.3. The zero-order chi connectivity index (χ0) is 18.7. The first kappa shape index (κ1) is 18.4. The molecule has 0 aliphatic carbocycles. The van der Waals surface area contributed by atoms with Crippen molar-refractivity contribution in [3.05, 3.63) is 58.4 Å². The third-order valence-corrected chi connectivity index (χ3v) is 6.05. The summed E-state index contributed by atoms with van der Waals surface area (Å²) in [7, 11) is -2.09. The number of ether oxygens (including phenoxy) is 1. The van der Waals surface area contributed by atoms with E-state index in [0.717, 1.165) is 16.8 Å². The quantitative estimate of drug-likeness (QED) is 0.674. The lowest BCUT2D eigenvalue weighted by Gasteiger charge is -2.09. The second-order valence-corrected chi connectivity index (χ2v) is 8.34. The van der Waals surface area contributed by atoms with Crippen molar-refractivity contribution in [3.8, 4) is 22.8 Å². The Hall–Kier alpha value is -2.42. The number of hydrogen-bond acceptors (Lipinski definition) is 6. The third-order valence-electron chi connectivity index (χ3n) is 3.80. The number of aryl methyl sites for hydroxylation is 1. The first-order chi connectivity index (χ1) is 12.4. The summed E-state index contributed by atoms with van der Waals surface area (Å²) in [6.07, 6.45) is 0. The van der Waals surface area contributed by atoms with Crippen molar-refractivity contribution in [1.29, 1.82) is 0 Å². The molecule has 0 bridgehead atoms. The van der Waals surface area contributed by atoms with Crippen molar-refractivity contribution in [1.82, 2.24) is 9.71 Å². The highest BCUT2D eigenvalue weighted by atomic mass is 32.2. The van der Waals surface area contributed by atoms with E-state index in [4.69, 9.17) is 4.74 Å². The van der Waals surface area contributed by atoms with Crippen LogP contribution in [0.4, 0.5) is 0 Å². The molecule has 0 unspecified atom stereocenters. The molecule has 0 fully saturated rings. The standard InChI is InChI=1S/C18H18N2O4S2/c1-12-9-15(7-8-17(12)24-2)26(22,23)19-10-18-20-16(11-25-18)13-3-5-14(21)6-4-13/h3-9,11,19,21H,10H2,1-2H3. The Morgan fingerprint density at radius 2 is 1.92 bits per heavy atom. The number of benzene rings is 2. The van der Waals surface area contributed by atoms with E-state index in [-0.39, 0.29) is 17.2 Å². The Kier molecular flexibility index (Phi) is 5.26. The molecule has 0 radical (unpaired) electrons. The van der Waals surface area contributed by atoms with E-state index in [1.807, 2.05) is 5.38 Å². The van der Waals surface area contributed by atoms with Crippen molar-refractivity contribution >= 4 is 21.4 Å². The molecule has 0 atom stereocenters. The molecule has 3 rings (SSSR count). The lowest BCUT2D eigenvalue weighted by Crippen LogP contribution is -2.23. The Balaban J connectivity index is 1.72. The van der Waals surface area contributed by atoms with Gasteiger partial charge in [-0.05, 0) is 55.0 Å². The van der Waals surface area contributed by atoms with Crippen LogP contribution >= 0.6 is 11.3 Å². The molecule has 3 aromatic rings. The maximum Gasteiger partial charge on any atom is 0.240 e. The number of aromatic nitrogens is 1. The van der Waals surface area contributed by atoms with Gasteiger partial charge < -0.3 is 9.84 Å². The van der Waals surface area contributed by atoms with Crippen LogP contribution in [0.1, 0.15) is 10.6 Å². The molecule has 2 aromatic carbocycles. The first-order valence-electron chi connectivity index (χ1n) is 7.77. The lowest BCUT2D eigenvalue weighted by atomic mass is 10.2. The molecule has 0 aliphatic rings. The summed E-state index contributed by atoms with van der Waals surface area (Å²) in [5.74, 6) is 0.828.